The highest BCUT2D eigenvalue weighted by Crippen LogP contribution is 2.34. The van der Waals surface area contributed by atoms with Crippen LogP contribution in [0.5, 0.6) is 0 Å². The van der Waals surface area contributed by atoms with Gasteiger partial charge in [-0.1, -0.05) is 47.7 Å². The van der Waals surface area contributed by atoms with Crippen molar-refractivity contribution in [1.29, 1.82) is 0 Å². The fourth-order valence-corrected chi connectivity index (χ4v) is 4.01. The molecule has 1 aromatic carbocycles. The Morgan fingerprint density at radius 2 is 2.15 bits per heavy atom. The summed E-state index contributed by atoms with van der Waals surface area (Å²) >= 11 is 12.6. The minimum Gasteiger partial charge on any atom is -0.481 e. The molecular weight excluding hydrogens is 406 g/mol. The molecule has 3 rings (SSSR count). The lowest BCUT2D eigenvalue weighted by molar-refractivity contribution is -0.137. The molecule has 2 heterocycles. The average molecular weight is 422 g/mol. The third kappa shape index (κ3) is 4.61. The molecule has 0 spiro atoms. The first-order valence-corrected chi connectivity index (χ1v) is 9.79. The van der Waals surface area contributed by atoms with Crippen molar-refractivity contribution < 1.29 is 19.1 Å². The Balaban J connectivity index is 1.74. The lowest BCUT2D eigenvalue weighted by atomic mass is 10.1. The molecule has 1 aromatic heterocycles. The van der Waals surface area contributed by atoms with Crippen LogP contribution in [0.1, 0.15) is 24.2 Å². The monoisotopic (exact) mass is 421 g/mol. The Morgan fingerprint density at radius 3 is 2.85 bits per heavy atom. The number of aliphatic carboxylic acids is 1. The topological polar surface area (TPSA) is 70.8 Å². The van der Waals surface area contributed by atoms with Gasteiger partial charge in [-0.3, -0.25) is 14.5 Å². The van der Waals surface area contributed by atoms with Crippen molar-refractivity contribution in [1.82, 2.24) is 4.90 Å². The number of rotatable bonds is 6. The molecule has 140 valence electrons. The summed E-state index contributed by atoms with van der Waals surface area (Å²) in [5.41, 5.74) is 1.84. The summed E-state index contributed by atoms with van der Waals surface area (Å²) < 4.78 is 6.24. The number of nitrogens with zero attached hydrogens (tertiary/aromatic N) is 1. The van der Waals surface area contributed by atoms with Gasteiger partial charge >= 0.3 is 5.97 Å². The van der Waals surface area contributed by atoms with Crippen LogP contribution >= 0.6 is 35.6 Å². The predicted octanol–water partition coefficient (Wildman–Crippen LogP) is 4.97. The Labute approximate surface area is 171 Å². The first-order valence-electron chi connectivity index (χ1n) is 8.18. The van der Waals surface area contributed by atoms with Gasteiger partial charge in [0.15, 0.2) is 0 Å². The van der Waals surface area contributed by atoms with Crippen molar-refractivity contribution in [3.05, 3.63) is 51.6 Å². The van der Waals surface area contributed by atoms with E-state index in [4.69, 9.17) is 33.3 Å². The van der Waals surface area contributed by atoms with Gasteiger partial charge in [-0.2, -0.15) is 0 Å². The van der Waals surface area contributed by atoms with Gasteiger partial charge in [-0.15, -0.1) is 0 Å². The molecule has 1 saturated heterocycles. The second-order valence-electron chi connectivity index (χ2n) is 6.00. The SMILES string of the molecule is Cc1ccc(-c2ccc(C=C3SC(=S)N(CCCC(=O)O)C3=O)o2)cc1Cl. The van der Waals surface area contributed by atoms with E-state index in [-0.39, 0.29) is 12.3 Å². The van der Waals surface area contributed by atoms with E-state index in [1.807, 2.05) is 31.2 Å². The molecule has 1 N–H and O–H groups in total. The van der Waals surface area contributed by atoms with Gasteiger partial charge in [0.2, 0.25) is 0 Å². The number of amides is 1. The first kappa shape index (κ1) is 19.7. The van der Waals surface area contributed by atoms with E-state index in [1.54, 1.807) is 12.1 Å². The Morgan fingerprint density at radius 1 is 1.37 bits per heavy atom. The molecule has 27 heavy (non-hydrogen) atoms. The van der Waals surface area contributed by atoms with E-state index < -0.39 is 5.97 Å². The maximum Gasteiger partial charge on any atom is 0.303 e. The van der Waals surface area contributed by atoms with E-state index in [0.717, 1.165) is 11.1 Å². The second kappa shape index (κ2) is 8.29. The second-order valence-corrected chi connectivity index (χ2v) is 8.08. The number of benzene rings is 1. The van der Waals surface area contributed by atoms with Crippen LogP contribution < -0.4 is 0 Å². The van der Waals surface area contributed by atoms with E-state index in [9.17, 15) is 9.59 Å². The molecule has 2 aromatic rings. The Bertz CT molecular complexity index is 951. The largest absolute Gasteiger partial charge is 0.481 e. The normalized spacial score (nSPS) is 15.8. The molecule has 1 aliphatic heterocycles. The lowest BCUT2D eigenvalue weighted by Crippen LogP contribution is -2.29. The van der Waals surface area contributed by atoms with E-state index in [2.05, 4.69) is 0 Å². The van der Waals surface area contributed by atoms with Gasteiger partial charge in [-0.05, 0) is 37.1 Å². The van der Waals surface area contributed by atoms with Gasteiger partial charge in [0.1, 0.15) is 15.8 Å². The van der Waals surface area contributed by atoms with Gasteiger partial charge in [0.05, 0.1) is 4.91 Å². The fraction of sp³-hybridized carbons (Fsp3) is 0.211. The van der Waals surface area contributed by atoms with Gasteiger partial charge in [0.25, 0.3) is 5.91 Å². The Kier molecular flexibility index (Phi) is 6.04. The number of halogens is 1. The average Bonchev–Trinajstić information content (AvgIpc) is 3.17. The number of furan rings is 1. The van der Waals surface area contributed by atoms with Gasteiger partial charge in [0, 0.05) is 29.6 Å². The minimum absolute atomic E-state index is 0.00321. The zero-order valence-electron chi connectivity index (χ0n) is 14.4. The highest BCUT2D eigenvalue weighted by atomic mass is 35.5. The number of aryl methyl sites for hydroxylation is 1. The van der Waals surface area contributed by atoms with Crippen molar-refractivity contribution in [3.63, 3.8) is 0 Å². The highest BCUT2D eigenvalue weighted by molar-refractivity contribution is 8.26. The summed E-state index contributed by atoms with van der Waals surface area (Å²) in [6, 6.07) is 9.27. The molecular formula is C19H16ClNO4S2. The molecule has 0 bridgehead atoms. The van der Waals surface area contributed by atoms with Crippen LogP contribution in [0.15, 0.2) is 39.7 Å². The molecule has 0 aliphatic carbocycles. The van der Waals surface area contributed by atoms with Crippen molar-refractivity contribution in [2.75, 3.05) is 6.54 Å². The first-order chi connectivity index (χ1) is 12.8. The van der Waals surface area contributed by atoms with E-state index >= 15 is 0 Å². The van der Waals surface area contributed by atoms with Crippen LogP contribution in [0.4, 0.5) is 0 Å². The summed E-state index contributed by atoms with van der Waals surface area (Å²) in [6.45, 7) is 2.22. The fourth-order valence-electron chi connectivity index (χ4n) is 2.54. The maximum atomic E-state index is 12.5. The molecule has 8 heteroatoms. The molecule has 0 unspecified atom stereocenters. The molecule has 0 saturated carbocycles. The Hall–Kier alpha value is -2.09. The van der Waals surface area contributed by atoms with E-state index in [1.165, 1.54) is 16.7 Å². The van der Waals surface area contributed by atoms with Gasteiger partial charge < -0.3 is 9.52 Å². The number of carbonyl (C=O) groups is 2. The number of carboxylic acid groups (broad SMARTS) is 1. The molecule has 1 aliphatic rings. The highest BCUT2D eigenvalue weighted by Gasteiger charge is 2.31. The third-order valence-electron chi connectivity index (χ3n) is 4.00. The molecule has 0 radical (unpaired) electrons. The summed E-state index contributed by atoms with van der Waals surface area (Å²) in [7, 11) is 0. The van der Waals surface area contributed by atoms with E-state index in [0.29, 0.717) is 38.7 Å². The molecule has 1 fully saturated rings. The minimum atomic E-state index is -0.893. The zero-order chi connectivity index (χ0) is 19.6. The number of thioether (sulfide) groups is 1. The maximum absolute atomic E-state index is 12.5. The smallest absolute Gasteiger partial charge is 0.303 e. The van der Waals surface area contributed by atoms with Crippen LogP contribution in [-0.2, 0) is 9.59 Å². The predicted molar refractivity (Wildman–Crippen MR) is 111 cm³/mol. The van der Waals surface area contributed by atoms with Crippen molar-refractivity contribution in [2.45, 2.75) is 19.8 Å². The quantitative estimate of drug-likeness (QED) is 0.524. The summed E-state index contributed by atoms with van der Waals surface area (Å²) in [4.78, 5) is 25.0. The van der Waals surface area contributed by atoms with Crippen molar-refractivity contribution in [2.24, 2.45) is 0 Å². The van der Waals surface area contributed by atoms with Crippen LogP contribution in [0.25, 0.3) is 17.4 Å². The molecule has 5 nitrogen and oxygen atoms in total. The standard InChI is InChI=1S/C19H16ClNO4S2/c1-11-4-5-12(9-14(11)20)15-7-6-13(25-15)10-16-18(24)21(19(26)27-16)8-2-3-17(22)23/h4-7,9-10H,2-3,8H2,1H3,(H,22,23). The van der Waals surface area contributed by atoms with Crippen LogP contribution in [-0.4, -0.2) is 32.7 Å². The van der Waals surface area contributed by atoms with Crippen molar-refractivity contribution >= 4 is 57.9 Å². The number of carbonyl (C=O) groups excluding carboxylic acids is 1. The van der Waals surface area contributed by atoms with Crippen LogP contribution in [0, 0.1) is 6.92 Å². The number of hydrogen-bond donors (Lipinski definition) is 1. The summed E-state index contributed by atoms with van der Waals surface area (Å²) in [6.07, 6.45) is 2.00. The van der Waals surface area contributed by atoms with Crippen LogP contribution in [0.2, 0.25) is 5.02 Å². The molecule has 0 atom stereocenters. The summed E-state index contributed by atoms with van der Waals surface area (Å²) in [5, 5.41) is 9.38. The van der Waals surface area contributed by atoms with Crippen molar-refractivity contribution in [3.8, 4) is 11.3 Å². The third-order valence-corrected chi connectivity index (χ3v) is 5.79. The number of carboxylic acids is 1. The summed E-state index contributed by atoms with van der Waals surface area (Å²) in [5.74, 6) is 0.0647. The lowest BCUT2D eigenvalue weighted by Gasteiger charge is -2.13. The zero-order valence-corrected chi connectivity index (χ0v) is 16.8. The van der Waals surface area contributed by atoms with Crippen LogP contribution in [0.3, 0.4) is 0 Å². The number of hydrogen-bond acceptors (Lipinski definition) is 5. The molecule has 1 amide bonds. The number of thiocarbonyl (C=S) groups is 1. The van der Waals surface area contributed by atoms with Gasteiger partial charge in [-0.25, -0.2) is 0 Å².